The second-order valence-electron chi connectivity index (χ2n) is 3.97. The first kappa shape index (κ1) is 15.1. The van der Waals surface area contributed by atoms with E-state index in [9.17, 15) is 13.2 Å². The molecule has 2 rings (SSSR count). The quantitative estimate of drug-likeness (QED) is 0.763. The van der Waals surface area contributed by atoms with Crippen LogP contribution in [-0.4, -0.2) is 4.98 Å². The van der Waals surface area contributed by atoms with Gasteiger partial charge in [0.1, 0.15) is 4.60 Å². The lowest BCUT2D eigenvalue weighted by atomic mass is 10.1. The van der Waals surface area contributed by atoms with E-state index in [0.717, 1.165) is 6.07 Å². The van der Waals surface area contributed by atoms with Crippen LogP contribution in [0, 0.1) is 0 Å². The summed E-state index contributed by atoms with van der Waals surface area (Å²) >= 11 is 9.04. The van der Waals surface area contributed by atoms with Gasteiger partial charge in [-0.1, -0.05) is 23.7 Å². The van der Waals surface area contributed by atoms with Crippen molar-refractivity contribution >= 4 is 33.2 Å². The predicted octanol–water partition coefficient (Wildman–Crippen LogP) is 5.13. The molecule has 1 aromatic heterocycles. The average Bonchev–Trinajstić information content (AvgIpc) is 2.36. The predicted molar refractivity (Wildman–Crippen MR) is 75.7 cm³/mol. The average molecular weight is 366 g/mol. The van der Waals surface area contributed by atoms with Crippen molar-refractivity contribution in [3.63, 3.8) is 0 Å². The molecule has 2 nitrogen and oxygen atoms in total. The van der Waals surface area contributed by atoms with Crippen LogP contribution >= 0.6 is 27.5 Å². The molecule has 2 aromatic rings. The Labute approximate surface area is 127 Å². The molecule has 1 heterocycles. The number of halogens is 5. The maximum Gasteiger partial charge on any atom is 0.418 e. The standard InChI is InChI=1S/C13H9BrClF3N2/c14-11-6-1-3-8(20-11)7-19-12-9(13(16,17)18)4-2-5-10(12)15/h1-6,19H,7H2. The summed E-state index contributed by atoms with van der Waals surface area (Å²) in [5.41, 5.74) is -0.323. The molecule has 0 aliphatic heterocycles. The minimum Gasteiger partial charge on any atom is -0.378 e. The minimum absolute atomic E-state index is 0.0230. The van der Waals surface area contributed by atoms with Gasteiger partial charge in [-0.05, 0) is 40.2 Å². The van der Waals surface area contributed by atoms with Gasteiger partial charge in [0.05, 0.1) is 28.5 Å². The first-order valence-corrected chi connectivity index (χ1v) is 6.76. The molecule has 0 aliphatic rings. The zero-order chi connectivity index (χ0) is 14.8. The zero-order valence-corrected chi connectivity index (χ0v) is 12.4. The van der Waals surface area contributed by atoms with Crippen molar-refractivity contribution in [3.05, 3.63) is 57.3 Å². The van der Waals surface area contributed by atoms with Crippen molar-refractivity contribution in [1.29, 1.82) is 0 Å². The third-order valence-corrected chi connectivity index (χ3v) is 3.29. The molecular formula is C13H9BrClF3N2. The highest BCUT2D eigenvalue weighted by atomic mass is 79.9. The molecule has 1 aromatic carbocycles. The summed E-state index contributed by atoms with van der Waals surface area (Å²) in [6.45, 7) is 0.145. The number of para-hydroxylation sites is 1. The number of hydrogen-bond donors (Lipinski definition) is 1. The second-order valence-corrected chi connectivity index (χ2v) is 5.19. The molecule has 0 saturated carbocycles. The monoisotopic (exact) mass is 364 g/mol. The van der Waals surface area contributed by atoms with E-state index in [0.29, 0.717) is 10.3 Å². The Kier molecular flexibility index (Phi) is 4.55. The van der Waals surface area contributed by atoms with E-state index in [1.807, 2.05) is 0 Å². The Morgan fingerprint density at radius 1 is 1.15 bits per heavy atom. The molecule has 20 heavy (non-hydrogen) atoms. The van der Waals surface area contributed by atoms with Crippen LogP contribution in [0.1, 0.15) is 11.3 Å². The number of nitrogens with one attached hydrogen (secondary N) is 1. The van der Waals surface area contributed by atoms with Crippen molar-refractivity contribution in [2.45, 2.75) is 12.7 Å². The van der Waals surface area contributed by atoms with Crippen molar-refractivity contribution in [2.75, 3.05) is 5.32 Å². The Bertz CT molecular complexity index is 617. The molecule has 0 saturated heterocycles. The van der Waals surface area contributed by atoms with Crippen LogP contribution in [0.2, 0.25) is 5.02 Å². The van der Waals surface area contributed by atoms with Crippen molar-refractivity contribution in [1.82, 2.24) is 4.98 Å². The molecule has 106 valence electrons. The molecule has 1 N–H and O–H groups in total. The Balaban J connectivity index is 2.25. The fourth-order valence-corrected chi connectivity index (χ4v) is 2.29. The Morgan fingerprint density at radius 2 is 1.85 bits per heavy atom. The highest BCUT2D eigenvalue weighted by molar-refractivity contribution is 9.10. The zero-order valence-electron chi connectivity index (χ0n) is 10.0. The highest BCUT2D eigenvalue weighted by Gasteiger charge is 2.34. The number of rotatable bonds is 3. The molecule has 0 radical (unpaired) electrons. The lowest BCUT2D eigenvalue weighted by Crippen LogP contribution is -2.11. The summed E-state index contributed by atoms with van der Waals surface area (Å²) in [5, 5.41) is 2.72. The molecule has 0 amide bonds. The van der Waals surface area contributed by atoms with Crippen molar-refractivity contribution < 1.29 is 13.2 Å². The summed E-state index contributed by atoms with van der Waals surface area (Å²) in [5.74, 6) is 0. The van der Waals surface area contributed by atoms with Crippen LogP contribution in [0.15, 0.2) is 41.0 Å². The van der Waals surface area contributed by atoms with Gasteiger partial charge >= 0.3 is 6.18 Å². The van der Waals surface area contributed by atoms with Gasteiger partial charge in [0.15, 0.2) is 0 Å². The van der Waals surface area contributed by atoms with Gasteiger partial charge in [-0.3, -0.25) is 0 Å². The van der Waals surface area contributed by atoms with Gasteiger partial charge in [0.25, 0.3) is 0 Å². The largest absolute Gasteiger partial charge is 0.418 e. The van der Waals surface area contributed by atoms with Crippen LogP contribution in [0.3, 0.4) is 0 Å². The minimum atomic E-state index is -4.46. The molecule has 0 unspecified atom stereocenters. The van der Waals surface area contributed by atoms with E-state index in [-0.39, 0.29) is 17.3 Å². The summed E-state index contributed by atoms with van der Waals surface area (Å²) in [4.78, 5) is 4.14. The van der Waals surface area contributed by atoms with Crippen LogP contribution in [0.25, 0.3) is 0 Å². The molecular weight excluding hydrogens is 357 g/mol. The van der Waals surface area contributed by atoms with Crippen LogP contribution in [0.5, 0.6) is 0 Å². The maximum atomic E-state index is 12.9. The first-order chi connectivity index (χ1) is 9.38. The number of nitrogens with zero attached hydrogens (tertiary/aromatic N) is 1. The van der Waals surface area contributed by atoms with Crippen molar-refractivity contribution in [2.24, 2.45) is 0 Å². The third kappa shape index (κ3) is 3.64. The number of pyridine rings is 1. The summed E-state index contributed by atoms with van der Waals surface area (Å²) in [7, 11) is 0. The van der Waals surface area contributed by atoms with Gasteiger partial charge < -0.3 is 5.32 Å². The molecule has 0 aliphatic carbocycles. The Hall–Kier alpha value is -1.27. The van der Waals surface area contributed by atoms with Crippen LogP contribution in [0.4, 0.5) is 18.9 Å². The van der Waals surface area contributed by atoms with Crippen LogP contribution < -0.4 is 5.32 Å². The van der Waals surface area contributed by atoms with E-state index in [4.69, 9.17) is 11.6 Å². The number of benzene rings is 1. The van der Waals surface area contributed by atoms with E-state index in [1.54, 1.807) is 18.2 Å². The highest BCUT2D eigenvalue weighted by Crippen LogP contribution is 2.38. The number of anilines is 1. The third-order valence-electron chi connectivity index (χ3n) is 2.54. The van der Waals surface area contributed by atoms with E-state index >= 15 is 0 Å². The van der Waals surface area contributed by atoms with Crippen molar-refractivity contribution in [3.8, 4) is 0 Å². The molecule has 0 bridgehead atoms. The fourth-order valence-electron chi connectivity index (χ4n) is 1.67. The SMILES string of the molecule is FC(F)(F)c1cccc(Cl)c1NCc1cccc(Br)n1. The number of alkyl halides is 3. The normalized spacial score (nSPS) is 11.4. The molecule has 0 atom stereocenters. The van der Waals surface area contributed by atoms with Gasteiger partial charge in [0, 0.05) is 0 Å². The van der Waals surface area contributed by atoms with E-state index < -0.39 is 11.7 Å². The second kappa shape index (κ2) is 6.01. The summed E-state index contributed by atoms with van der Waals surface area (Å²) in [6, 6.07) is 8.87. The van der Waals surface area contributed by atoms with Gasteiger partial charge in [-0.15, -0.1) is 0 Å². The Morgan fingerprint density at radius 3 is 2.50 bits per heavy atom. The molecule has 7 heteroatoms. The summed E-state index contributed by atoms with van der Waals surface area (Å²) in [6.07, 6.45) is -4.46. The van der Waals surface area contributed by atoms with E-state index in [1.165, 1.54) is 12.1 Å². The van der Waals surface area contributed by atoms with Gasteiger partial charge in [0.2, 0.25) is 0 Å². The number of aromatic nitrogens is 1. The van der Waals surface area contributed by atoms with E-state index in [2.05, 4.69) is 26.2 Å². The lowest BCUT2D eigenvalue weighted by molar-refractivity contribution is -0.136. The molecule has 0 fully saturated rings. The van der Waals surface area contributed by atoms with Crippen LogP contribution in [-0.2, 0) is 12.7 Å². The topological polar surface area (TPSA) is 24.9 Å². The lowest BCUT2D eigenvalue weighted by Gasteiger charge is -2.15. The fraction of sp³-hybridized carbons (Fsp3) is 0.154. The first-order valence-electron chi connectivity index (χ1n) is 5.59. The molecule has 0 spiro atoms. The summed E-state index contributed by atoms with van der Waals surface area (Å²) < 4.78 is 39.3. The smallest absolute Gasteiger partial charge is 0.378 e. The number of hydrogen-bond acceptors (Lipinski definition) is 2. The maximum absolute atomic E-state index is 12.9. The van der Waals surface area contributed by atoms with Gasteiger partial charge in [-0.25, -0.2) is 4.98 Å². The van der Waals surface area contributed by atoms with Gasteiger partial charge in [-0.2, -0.15) is 13.2 Å².